The van der Waals surface area contributed by atoms with Gasteiger partial charge in [-0.3, -0.25) is 4.98 Å². The van der Waals surface area contributed by atoms with Gasteiger partial charge < -0.3 is 10.2 Å². The molecule has 1 unspecified atom stereocenters. The maximum atomic E-state index is 4.30. The molecule has 0 bridgehead atoms. The number of aromatic nitrogens is 1. The van der Waals surface area contributed by atoms with Crippen LogP contribution < -0.4 is 5.32 Å². The highest BCUT2D eigenvalue weighted by Gasteiger charge is 2.42. The average Bonchev–Trinajstić information content (AvgIpc) is 2.89. The zero-order chi connectivity index (χ0) is 14.6. The van der Waals surface area contributed by atoms with Gasteiger partial charge in [0.05, 0.1) is 0 Å². The summed E-state index contributed by atoms with van der Waals surface area (Å²) in [7, 11) is 4.46. The first-order chi connectivity index (χ1) is 9.58. The minimum atomic E-state index is 0.290. The maximum absolute atomic E-state index is 4.30. The Morgan fingerprint density at radius 1 is 1.35 bits per heavy atom. The second-order valence-corrected chi connectivity index (χ2v) is 6.95. The van der Waals surface area contributed by atoms with Gasteiger partial charge in [-0.2, -0.15) is 0 Å². The van der Waals surface area contributed by atoms with Gasteiger partial charge in [0.1, 0.15) is 0 Å². The van der Waals surface area contributed by atoms with Crippen molar-refractivity contribution in [3.05, 3.63) is 28.5 Å². The molecule has 3 nitrogen and oxygen atoms in total. The number of pyridine rings is 1. The Bertz CT molecular complexity index is 427. The van der Waals surface area contributed by atoms with Crippen LogP contribution in [0.3, 0.4) is 0 Å². The molecule has 112 valence electrons. The lowest BCUT2D eigenvalue weighted by molar-refractivity contribution is 0.105. The van der Waals surface area contributed by atoms with Crippen LogP contribution in [-0.2, 0) is 6.42 Å². The van der Waals surface area contributed by atoms with Crippen LogP contribution in [0.4, 0.5) is 0 Å². The van der Waals surface area contributed by atoms with Gasteiger partial charge in [0.25, 0.3) is 0 Å². The largest absolute Gasteiger partial charge is 0.312 e. The van der Waals surface area contributed by atoms with E-state index in [1.54, 1.807) is 0 Å². The number of nitrogens with zero attached hydrogens (tertiary/aromatic N) is 2. The molecule has 4 heteroatoms. The summed E-state index contributed by atoms with van der Waals surface area (Å²) in [6.07, 6.45) is 10.2. The Morgan fingerprint density at radius 3 is 2.60 bits per heavy atom. The maximum Gasteiger partial charge on any atom is 0.0410 e. The standard InChI is InChI=1S/C16H26BrN3/c1-4-19-15(10-13-9-14(17)12-18-11-13)16(20(2)3)7-5-6-8-16/h9,11-12,15,19H,4-8,10H2,1-3H3. The molecule has 20 heavy (non-hydrogen) atoms. The fraction of sp³-hybridized carbons (Fsp3) is 0.688. The molecule has 1 N–H and O–H groups in total. The first-order valence-corrected chi connectivity index (χ1v) is 8.38. The molecule has 0 saturated heterocycles. The normalized spacial score (nSPS) is 19.4. The first-order valence-electron chi connectivity index (χ1n) is 7.59. The minimum Gasteiger partial charge on any atom is -0.312 e. The molecular formula is C16H26BrN3. The van der Waals surface area contributed by atoms with Gasteiger partial charge >= 0.3 is 0 Å². The van der Waals surface area contributed by atoms with E-state index in [4.69, 9.17) is 0 Å². The Morgan fingerprint density at radius 2 is 2.05 bits per heavy atom. The fourth-order valence-electron chi connectivity index (χ4n) is 3.60. The molecule has 1 aliphatic rings. The number of hydrogen-bond donors (Lipinski definition) is 1. The highest BCUT2D eigenvalue weighted by atomic mass is 79.9. The lowest BCUT2D eigenvalue weighted by Gasteiger charge is -2.44. The lowest BCUT2D eigenvalue weighted by Crippen LogP contribution is -2.58. The molecular weight excluding hydrogens is 314 g/mol. The summed E-state index contributed by atoms with van der Waals surface area (Å²) in [6.45, 7) is 3.21. The lowest BCUT2D eigenvalue weighted by atomic mass is 9.83. The summed E-state index contributed by atoms with van der Waals surface area (Å²) in [5.41, 5.74) is 1.59. The van der Waals surface area contributed by atoms with E-state index in [9.17, 15) is 0 Å². The van der Waals surface area contributed by atoms with Gasteiger partial charge in [0, 0.05) is 28.4 Å². The van der Waals surface area contributed by atoms with E-state index in [0.717, 1.165) is 17.4 Å². The molecule has 1 saturated carbocycles. The molecule has 0 radical (unpaired) electrons. The third kappa shape index (κ3) is 3.41. The molecule has 0 aliphatic heterocycles. The molecule has 0 spiro atoms. The van der Waals surface area contributed by atoms with E-state index in [0.29, 0.717) is 11.6 Å². The van der Waals surface area contributed by atoms with Crippen molar-refractivity contribution in [3.8, 4) is 0 Å². The van der Waals surface area contributed by atoms with Crippen molar-refractivity contribution in [1.29, 1.82) is 0 Å². The highest BCUT2D eigenvalue weighted by molar-refractivity contribution is 9.10. The van der Waals surface area contributed by atoms with Crippen molar-refractivity contribution >= 4 is 15.9 Å². The molecule has 1 aromatic rings. The topological polar surface area (TPSA) is 28.2 Å². The Hall–Kier alpha value is -0.450. The van der Waals surface area contributed by atoms with Gasteiger partial charge in [-0.05, 0) is 67.5 Å². The zero-order valence-electron chi connectivity index (χ0n) is 12.8. The second-order valence-electron chi connectivity index (χ2n) is 6.03. The van der Waals surface area contributed by atoms with E-state index in [1.165, 1.54) is 31.2 Å². The van der Waals surface area contributed by atoms with Crippen molar-refractivity contribution in [3.63, 3.8) is 0 Å². The van der Waals surface area contributed by atoms with Gasteiger partial charge in [-0.25, -0.2) is 0 Å². The number of likely N-dealkylation sites (N-methyl/N-ethyl adjacent to an activating group) is 2. The molecule has 2 rings (SSSR count). The summed E-state index contributed by atoms with van der Waals surface area (Å²) in [4.78, 5) is 6.75. The van der Waals surface area contributed by atoms with E-state index >= 15 is 0 Å². The van der Waals surface area contributed by atoms with E-state index in [2.05, 4.69) is 58.2 Å². The highest BCUT2D eigenvalue weighted by Crippen LogP contribution is 2.37. The van der Waals surface area contributed by atoms with Gasteiger partial charge in [-0.15, -0.1) is 0 Å². The fourth-order valence-corrected chi connectivity index (χ4v) is 4.01. The van der Waals surface area contributed by atoms with E-state index in [-0.39, 0.29) is 0 Å². The quantitative estimate of drug-likeness (QED) is 0.862. The molecule has 1 fully saturated rings. The third-order valence-electron chi connectivity index (χ3n) is 4.66. The number of nitrogens with one attached hydrogen (secondary N) is 1. The number of rotatable bonds is 6. The predicted octanol–water partition coefficient (Wildman–Crippen LogP) is 3.24. The molecule has 1 heterocycles. The second kappa shape index (κ2) is 7.01. The summed E-state index contributed by atoms with van der Waals surface area (Å²) < 4.78 is 1.07. The molecule has 0 aromatic carbocycles. The molecule has 1 aliphatic carbocycles. The minimum absolute atomic E-state index is 0.290. The van der Waals surface area contributed by atoms with E-state index in [1.807, 2.05) is 12.4 Å². The van der Waals surface area contributed by atoms with Gasteiger partial charge in [-0.1, -0.05) is 19.8 Å². The van der Waals surface area contributed by atoms with Crippen molar-refractivity contribution in [2.45, 2.75) is 50.6 Å². The van der Waals surface area contributed by atoms with Crippen molar-refractivity contribution in [2.75, 3.05) is 20.6 Å². The molecule has 1 aromatic heterocycles. The molecule has 1 atom stereocenters. The Balaban J connectivity index is 2.21. The Kier molecular flexibility index (Phi) is 5.58. The first kappa shape index (κ1) is 15.9. The van der Waals surface area contributed by atoms with Crippen molar-refractivity contribution in [1.82, 2.24) is 15.2 Å². The van der Waals surface area contributed by atoms with Crippen LogP contribution in [0.1, 0.15) is 38.2 Å². The predicted molar refractivity (Wildman–Crippen MR) is 88.0 cm³/mol. The van der Waals surface area contributed by atoms with Crippen LogP contribution >= 0.6 is 15.9 Å². The monoisotopic (exact) mass is 339 g/mol. The van der Waals surface area contributed by atoms with Crippen LogP contribution in [-0.4, -0.2) is 42.1 Å². The van der Waals surface area contributed by atoms with Crippen LogP contribution in [0, 0.1) is 0 Å². The van der Waals surface area contributed by atoms with Crippen LogP contribution in [0.15, 0.2) is 22.9 Å². The number of hydrogen-bond acceptors (Lipinski definition) is 3. The number of halogens is 1. The van der Waals surface area contributed by atoms with Gasteiger partial charge in [0.15, 0.2) is 0 Å². The molecule has 0 amide bonds. The summed E-state index contributed by atoms with van der Waals surface area (Å²) in [5, 5.41) is 3.73. The van der Waals surface area contributed by atoms with Crippen molar-refractivity contribution in [2.24, 2.45) is 0 Å². The van der Waals surface area contributed by atoms with E-state index < -0.39 is 0 Å². The SMILES string of the molecule is CCNC(Cc1cncc(Br)c1)C1(N(C)C)CCCC1. The van der Waals surface area contributed by atoms with Crippen LogP contribution in [0.2, 0.25) is 0 Å². The summed E-state index contributed by atoms with van der Waals surface area (Å²) in [5.74, 6) is 0. The Labute approximate surface area is 131 Å². The smallest absolute Gasteiger partial charge is 0.0410 e. The zero-order valence-corrected chi connectivity index (χ0v) is 14.4. The third-order valence-corrected chi connectivity index (χ3v) is 5.09. The van der Waals surface area contributed by atoms with Gasteiger partial charge in [0.2, 0.25) is 0 Å². The van der Waals surface area contributed by atoms with Crippen LogP contribution in [0.25, 0.3) is 0 Å². The van der Waals surface area contributed by atoms with Crippen molar-refractivity contribution < 1.29 is 0 Å². The summed E-state index contributed by atoms with van der Waals surface area (Å²) >= 11 is 3.52. The summed E-state index contributed by atoms with van der Waals surface area (Å²) in [6, 6.07) is 2.68. The van der Waals surface area contributed by atoms with Crippen LogP contribution in [0.5, 0.6) is 0 Å². The average molecular weight is 340 g/mol.